The van der Waals surface area contributed by atoms with Crippen molar-refractivity contribution in [3.8, 4) is 0 Å². The molecule has 0 saturated carbocycles. The molecule has 2 aromatic rings. The quantitative estimate of drug-likeness (QED) is 0.849. The number of aliphatic hydroxyl groups is 1. The molecule has 0 radical (unpaired) electrons. The van der Waals surface area contributed by atoms with Crippen molar-refractivity contribution in [1.82, 2.24) is 4.90 Å². The lowest BCUT2D eigenvalue weighted by Gasteiger charge is -2.16. The summed E-state index contributed by atoms with van der Waals surface area (Å²) in [5.41, 5.74) is 2.94. The summed E-state index contributed by atoms with van der Waals surface area (Å²) >= 11 is 0. The first-order chi connectivity index (χ1) is 12.1. The molecule has 1 fully saturated rings. The summed E-state index contributed by atoms with van der Waals surface area (Å²) < 4.78 is 12.9. The van der Waals surface area contributed by atoms with E-state index in [9.17, 15) is 9.18 Å². The molecule has 2 N–H and O–H groups in total. The normalized spacial score (nSPS) is 16.9. The lowest BCUT2D eigenvalue weighted by Crippen LogP contribution is -2.30. The van der Waals surface area contributed by atoms with Gasteiger partial charge in [-0.15, -0.1) is 0 Å². The third-order valence-corrected chi connectivity index (χ3v) is 4.62. The minimum Gasteiger partial charge on any atom is -0.396 e. The molecule has 0 aromatic heterocycles. The summed E-state index contributed by atoms with van der Waals surface area (Å²) in [5, 5.41) is 12.5. The van der Waals surface area contributed by atoms with Crippen LogP contribution in [0.4, 0.5) is 10.1 Å². The number of benzene rings is 2. The molecule has 1 saturated heterocycles. The van der Waals surface area contributed by atoms with E-state index in [-0.39, 0.29) is 24.2 Å². The molecule has 0 aliphatic carbocycles. The molecule has 132 valence electrons. The maximum atomic E-state index is 12.9. The van der Waals surface area contributed by atoms with Crippen LogP contribution in [0.2, 0.25) is 0 Å². The molecule has 0 bridgehead atoms. The number of nitrogens with one attached hydrogen (secondary N) is 1. The van der Waals surface area contributed by atoms with Crippen LogP contribution in [-0.4, -0.2) is 35.6 Å². The van der Waals surface area contributed by atoms with Crippen molar-refractivity contribution in [1.29, 1.82) is 0 Å². The van der Waals surface area contributed by atoms with E-state index in [1.165, 1.54) is 12.1 Å². The molecule has 3 rings (SSSR count). The van der Waals surface area contributed by atoms with E-state index >= 15 is 0 Å². The Morgan fingerprint density at radius 1 is 1.12 bits per heavy atom. The van der Waals surface area contributed by atoms with Crippen molar-refractivity contribution in [2.45, 2.75) is 19.4 Å². The van der Waals surface area contributed by atoms with Crippen LogP contribution in [0.3, 0.4) is 0 Å². The molecule has 0 spiro atoms. The minimum atomic E-state index is -0.235. The number of aliphatic hydroxyl groups excluding tert-OH is 1. The molecular formula is C20H23FN2O2. The fraction of sp³-hybridized carbons (Fsp3) is 0.350. The summed E-state index contributed by atoms with van der Waals surface area (Å²) in [6.07, 6.45) is 1.27. The Bertz CT molecular complexity index is 701. The van der Waals surface area contributed by atoms with E-state index in [1.54, 1.807) is 12.1 Å². The highest BCUT2D eigenvalue weighted by Crippen LogP contribution is 2.18. The number of anilines is 1. The molecule has 1 aliphatic heterocycles. The third kappa shape index (κ3) is 4.79. The van der Waals surface area contributed by atoms with E-state index in [0.29, 0.717) is 19.5 Å². The smallest absolute Gasteiger partial charge is 0.227 e. The van der Waals surface area contributed by atoms with Crippen molar-refractivity contribution in [2.24, 2.45) is 5.92 Å². The van der Waals surface area contributed by atoms with E-state index in [2.05, 4.69) is 5.32 Å². The van der Waals surface area contributed by atoms with E-state index in [1.807, 2.05) is 29.2 Å². The SMILES string of the molecule is O=C(Cc1ccc(NCc2ccc(F)cc2)cc1)N1CC[C@@H](CO)C1. The Labute approximate surface area is 147 Å². The zero-order chi connectivity index (χ0) is 17.6. The van der Waals surface area contributed by atoms with Gasteiger partial charge in [0.1, 0.15) is 5.82 Å². The molecule has 1 amide bonds. The Morgan fingerprint density at radius 3 is 2.44 bits per heavy atom. The number of rotatable bonds is 6. The van der Waals surface area contributed by atoms with Crippen LogP contribution < -0.4 is 5.32 Å². The van der Waals surface area contributed by atoms with Gasteiger partial charge in [0, 0.05) is 37.8 Å². The summed E-state index contributed by atoms with van der Waals surface area (Å²) in [6.45, 7) is 2.17. The van der Waals surface area contributed by atoms with Crippen LogP contribution in [0.15, 0.2) is 48.5 Å². The zero-order valence-corrected chi connectivity index (χ0v) is 14.1. The van der Waals surface area contributed by atoms with Crippen LogP contribution in [0.5, 0.6) is 0 Å². The number of nitrogens with zero attached hydrogens (tertiary/aromatic N) is 1. The number of carbonyl (C=O) groups excluding carboxylic acids is 1. The van der Waals surface area contributed by atoms with Gasteiger partial charge in [-0.05, 0) is 41.8 Å². The maximum Gasteiger partial charge on any atom is 0.227 e. The van der Waals surface area contributed by atoms with Gasteiger partial charge in [0.2, 0.25) is 5.91 Å². The van der Waals surface area contributed by atoms with Gasteiger partial charge >= 0.3 is 0 Å². The Hall–Kier alpha value is -2.40. The monoisotopic (exact) mass is 342 g/mol. The van der Waals surface area contributed by atoms with Crippen LogP contribution in [0.1, 0.15) is 17.5 Å². The predicted molar refractivity (Wildman–Crippen MR) is 95.6 cm³/mol. The van der Waals surface area contributed by atoms with Gasteiger partial charge in [0.05, 0.1) is 6.42 Å². The second kappa shape index (κ2) is 8.12. The standard InChI is InChI=1S/C20H23FN2O2/c21-18-5-1-16(2-6-18)12-22-19-7-3-15(4-8-19)11-20(25)23-10-9-17(13-23)14-24/h1-8,17,22,24H,9-14H2/t17-/m1/s1. The fourth-order valence-corrected chi connectivity index (χ4v) is 3.04. The fourth-order valence-electron chi connectivity index (χ4n) is 3.04. The second-order valence-corrected chi connectivity index (χ2v) is 6.53. The molecule has 5 heteroatoms. The maximum absolute atomic E-state index is 12.9. The minimum absolute atomic E-state index is 0.114. The number of likely N-dealkylation sites (tertiary alicyclic amines) is 1. The van der Waals surface area contributed by atoms with Crippen molar-refractivity contribution >= 4 is 11.6 Å². The molecule has 25 heavy (non-hydrogen) atoms. The van der Waals surface area contributed by atoms with Crippen molar-refractivity contribution in [2.75, 3.05) is 25.0 Å². The van der Waals surface area contributed by atoms with Crippen LogP contribution in [-0.2, 0) is 17.8 Å². The summed E-state index contributed by atoms with van der Waals surface area (Å²) in [4.78, 5) is 14.1. The highest BCUT2D eigenvalue weighted by Gasteiger charge is 2.25. The summed E-state index contributed by atoms with van der Waals surface area (Å²) in [5.74, 6) is 0.103. The first kappa shape index (κ1) is 17.4. The van der Waals surface area contributed by atoms with Gasteiger partial charge in [-0.3, -0.25) is 4.79 Å². The van der Waals surface area contributed by atoms with Crippen LogP contribution in [0, 0.1) is 11.7 Å². The lowest BCUT2D eigenvalue weighted by atomic mass is 10.1. The largest absolute Gasteiger partial charge is 0.396 e. The highest BCUT2D eigenvalue weighted by atomic mass is 19.1. The van der Waals surface area contributed by atoms with E-state index < -0.39 is 0 Å². The van der Waals surface area contributed by atoms with E-state index in [0.717, 1.165) is 29.8 Å². The van der Waals surface area contributed by atoms with Crippen molar-refractivity contribution < 1.29 is 14.3 Å². The molecule has 1 atom stereocenters. The van der Waals surface area contributed by atoms with Crippen LogP contribution in [0.25, 0.3) is 0 Å². The number of hydrogen-bond donors (Lipinski definition) is 2. The number of amides is 1. The second-order valence-electron chi connectivity index (χ2n) is 6.53. The molecule has 1 aliphatic rings. The number of halogens is 1. The average molecular weight is 342 g/mol. The number of hydrogen-bond acceptors (Lipinski definition) is 3. The third-order valence-electron chi connectivity index (χ3n) is 4.62. The van der Waals surface area contributed by atoms with Crippen molar-refractivity contribution in [3.05, 3.63) is 65.5 Å². The van der Waals surface area contributed by atoms with Gasteiger partial charge in [0.25, 0.3) is 0 Å². The van der Waals surface area contributed by atoms with Gasteiger partial charge in [-0.2, -0.15) is 0 Å². The topological polar surface area (TPSA) is 52.6 Å². The molecule has 2 aromatic carbocycles. The Kier molecular flexibility index (Phi) is 5.66. The van der Waals surface area contributed by atoms with E-state index in [4.69, 9.17) is 5.11 Å². The van der Waals surface area contributed by atoms with Crippen molar-refractivity contribution in [3.63, 3.8) is 0 Å². The highest BCUT2D eigenvalue weighted by molar-refractivity contribution is 5.79. The van der Waals surface area contributed by atoms with Crippen LogP contribution >= 0.6 is 0 Å². The van der Waals surface area contributed by atoms with Gasteiger partial charge < -0.3 is 15.3 Å². The van der Waals surface area contributed by atoms with Gasteiger partial charge in [-0.1, -0.05) is 24.3 Å². The Morgan fingerprint density at radius 2 is 1.80 bits per heavy atom. The first-order valence-electron chi connectivity index (χ1n) is 8.60. The number of carbonyl (C=O) groups is 1. The molecule has 0 unspecified atom stereocenters. The van der Waals surface area contributed by atoms with Gasteiger partial charge in [-0.25, -0.2) is 4.39 Å². The molecule has 4 nitrogen and oxygen atoms in total. The molecule has 1 heterocycles. The zero-order valence-electron chi connectivity index (χ0n) is 14.1. The first-order valence-corrected chi connectivity index (χ1v) is 8.60. The Balaban J connectivity index is 1.50. The summed E-state index contributed by atoms with van der Waals surface area (Å²) in [6, 6.07) is 14.2. The van der Waals surface area contributed by atoms with Gasteiger partial charge in [0.15, 0.2) is 0 Å². The lowest BCUT2D eigenvalue weighted by molar-refractivity contribution is -0.129. The molecular weight excluding hydrogens is 319 g/mol. The summed E-state index contributed by atoms with van der Waals surface area (Å²) in [7, 11) is 0. The predicted octanol–water partition coefficient (Wildman–Crippen LogP) is 2.82. The average Bonchev–Trinajstić information content (AvgIpc) is 3.12.